The molecule has 1 N–H and O–H groups in total. The van der Waals surface area contributed by atoms with Crippen molar-refractivity contribution in [1.29, 1.82) is 0 Å². The Labute approximate surface area is 157 Å². The Morgan fingerprint density at radius 1 is 1.22 bits per heavy atom. The lowest BCUT2D eigenvalue weighted by Gasteiger charge is -2.40. The summed E-state index contributed by atoms with van der Waals surface area (Å²) in [5.74, 6) is -1.12. The summed E-state index contributed by atoms with van der Waals surface area (Å²) < 4.78 is 41.1. The number of aromatic nitrogens is 2. The van der Waals surface area contributed by atoms with Crippen molar-refractivity contribution in [3.63, 3.8) is 0 Å². The maximum atomic E-state index is 13.0. The number of nitrogens with zero attached hydrogens (tertiary/aromatic N) is 3. The molecule has 1 amide bonds. The molecule has 1 aromatic rings. The lowest BCUT2D eigenvalue weighted by molar-refractivity contribution is -0.250. The van der Waals surface area contributed by atoms with Crippen LogP contribution in [0.25, 0.3) is 0 Å². The molecule has 3 unspecified atom stereocenters. The summed E-state index contributed by atoms with van der Waals surface area (Å²) in [6.45, 7) is 2.89. The number of hydrogen-bond acceptors (Lipinski definition) is 3. The van der Waals surface area contributed by atoms with Gasteiger partial charge in [-0.25, -0.2) is 0 Å². The van der Waals surface area contributed by atoms with Crippen molar-refractivity contribution < 1.29 is 23.1 Å². The van der Waals surface area contributed by atoms with Crippen molar-refractivity contribution in [2.24, 2.45) is 5.92 Å². The molecule has 1 aliphatic heterocycles. The number of alkyl halides is 3. The first-order chi connectivity index (χ1) is 12.6. The van der Waals surface area contributed by atoms with Gasteiger partial charge in [0.1, 0.15) is 0 Å². The van der Waals surface area contributed by atoms with Gasteiger partial charge < -0.3 is 10.0 Å². The van der Waals surface area contributed by atoms with E-state index >= 15 is 0 Å². The van der Waals surface area contributed by atoms with Gasteiger partial charge in [0.2, 0.25) is 5.60 Å². The Morgan fingerprint density at radius 2 is 1.89 bits per heavy atom. The zero-order chi connectivity index (χ0) is 19.8. The molecule has 2 aliphatic rings. The summed E-state index contributed by atoms with van der Waals surface area (Å²) in [7, 11) is 0. The van der Waals surface area contributed by atoms with E-state index in [4.69, 9.17) is 0 Å². The summed E-state index contributed by atoms with van der Waals surface area (Å²) in [6.07, 6.45) is 3.23. The second-order valence-electron chi connectivity index (χ2n) is 8.19. The fraction of sp³-hybridized carbons (Fsp3) is 0.789. The number of piperidine rings is 1. The van der Waals surface area contributed by atoms with Crippen molar-refractivity contribution in [2.45, 2.75) is 76.1 Å². The summed E-state index contributed by atoms with van der Waals surface area (Å²) in [6, 6.07) is 2.39. The smallest absolute Gasteiger partial charge is 0.373 e. The molecular formula is C19H28F3N3O2. The number of hydrogen-bond donors (Lipinski definition) is 1. The van der Waals surface area contributed by atoms with Crippen LogP contribution in [0, 0.1) is 5.92 Å². The van der Waals surface area contributed by atoms with Crippen molar-refractivity contribution in [2.75, 3.05) is 13.1 Å². The summed E-state index contributed by atoms with van der Waals surface area (Å²) in [5, 5.41) is 14.2. The lowest BCUT2D eigenvalue weighted by atomic mass is 9.83. The van der Waals surface area contributed by atoms with E-state index in [2.05, 4.69) is 9.78 Å². The van der Waals surface area contributed by atoms with Gasteiger partial charge in [-0.3, -0.25) is 9.48 Å². The van der Waals surface area contributed by atoms with Gasteiger partial charge in [0, 0.05) is 30.9 Å². The molecule has 1 aromatic heterocycles. The van der Waals surface area contributed by atoms with Crippen LogP contribution in [0.3, 0.4) is 0 Å². The van der Waals surface area contributed by atoms with Crippen molar-refractivity contribution in [1.82, 2.24) is 14.7 Å². The van der Waals surface area contributed by atoms with E-state index < -0.39 is 17.7 Å². The highest BCUT2D eigenvalue weighted by molar-refractivity contribution is 5.85. The molecule has 27 heavy (non-hydrogen) atoms. The third-order valence-corrected chi connectivity index (χ3v) is 6.16. The number of likely N-dealkylation sites (tertiary alicyclic amines) is 1. The SMILES string of the molecule is CC1CN(C(=O)C(C)(O)C(F)(F)F)CCC1c1ccnn1C1CCCCC1. The number of amides is 1. The average Bonchev–Trinajstić information content (AvgIpc) is 3.10. The molecule has 152 valence electrons. The van der Waals surface area contributed by atoms with Crippen LogP contribution < -0.4 is 0 Å². The van der Waals surface area contributed by atoms with Gasteiger partial charge in [-0.1, -0.05) is 26.2 Å². The fourth-order valence-corrected chi connectivity index (χ4v) is 4.45. The summed E-state index contributed by atoms with van der Waals surface area (Å²) in [5.41, 5.74) is -2.23. The number of aliphatic hydroxyl groups is 1. The molecule has 3 rings (SSSR count). The minimum atomic E-state index is -4.98. The van der Waals surface area contributed by atoms with Gasteiger partial charge in [0.05, 0.1) is 6.04 Å². The first-order valence-electron chi connectivity index (χ1n) is 9.75. The number of carbonyl (C=O) groups is 1. The highest BCUT2D eigenvalue weighted by atomic mass is 19.4. The van der Waals surface area contributed by atoms with Crippen LogP contribution in [0.15, 0.2) is 12.3 Å². The van der Waals surface area contributed by atoms with Gasteiger partial charge in [-0.15, -0.1) is 0 Å². The lowest BCUT2D eigenvalue weighted by Crippen LogP contribution is -2.58. The average molecular weight is 387 g/mol. The highest BCUT2D eigenvalue weighted by Gasteiger charge is 2.57. The third-order valence-electron chi connectivity index (χ3n) is 6.16. The maximum Gasteiger partial charge on any atom is 0.426 e. The molecule has 0 bridgehead atoms. The topological polar surface area (TPSA) is 58.4 Å². The zero-order valence-corrected chi connectivity index (χ0v) is 15.9. The Bertz CT molecular complexity index is 665. The Balaban J connectivity index is 1.71. The van der Waals surface area contributed by atoms with Gasteiger partial charge in [-0.2, -0.15) is 18.3 Å². The summed E-state index contributed by atoms with van der Waals surface area (Å²) >= 11 is 0. The molecule has 8 heteroatoms. The zero-order valence-electron chi connectivity index (χ0n) is 15.9. The van der Waals surface area contributed by atoms with Crippen molar-refractivity contribution in [3.05, 3.63) is 18.0 Å². The van der Waals surface area contributed by atoms with Crippen LogP contribution in [-0.2, 0) is 4.79 Å². The second-order valence-corrected chi connectivity index (χ2v) is 8.19. The van der Waals surface area contributed by atoms with E-state index in [0.717, 1.165) is 23.4 Å². The molecule has 2 heterocycles. The van der Waals surface area contributed by atoms with Crippen molar-refractivity contribution >= 4 is 5.91 Å². The van der Waals surface area contributed by atoms with Crippen LogP contribution in [0.4, 0.5) is 13.2 Å². The number of carbonyl (C=O) groups excluding carboxylic acids is 1. The van der Waals surface area contributed by atoms with E-state index in [0.29, 0.717) is 19.4 Å². The molecule has 5 nitrogen and oxygen atoms in total. The highest BCUT2D eigenvalue weighted by Crippen LogP contribution is 2.38. The first kappa shape index (κ1) is 20.2. The maximum absolute atomic E-state index is 13.0. The largest absolute Gasteiger partial charge is 0.426 e. The van der Waals surface area contributed by atoms with Gasteiger partial charge in [-0.05, 0) is 38.2 Å². The number of rotatable bonds is 3. The van der Waals surface area contributed by atoms with Crippen LogP contribution >= 0.6 is 0 Å². The molecular weight excluding hydrogens is 359 g/mol. The van der Waals surface area contributed by atoms with E-state index in [1.165, 1.54) is 19.3 Å². The monoisotopic (exact) mass is 387 g/mol. The fourth-order valence-electron chi connectivity index (χ4n) is 4.45. The Morgan fingerprint density at radius 3 is 2.48 bits per heavy atom. The van der Waals surface area contributed by atoms with E-state index in [1.54, 1.807) is 6.20 Å². The summed E-state index contributed by atoms with van der Waals surface area (Å²) in [4.78, 5) is 13.4. The van der Waals surface area contributed by atoms with Crippen molar-refractivity contribution in [3.8, 4) is 0 Å². The van der Waals surface area contributed by atoms with E-state index in [1.807, 2.05) is 13.0 Å². The molecule has 1 aliphatic carbocycles. The van der Waals surface area contributed by atoms with Crippen LogP contribution in [0.1, 0.15) is 70.0 Å². The second kappa shape index (κ2) is 7.45. The van der Waals surface area contributed by atoms with Gasteiger partial charge >= 0.3 is 6.18 Å². The Hall–Kier alpha value is -1.57. The molecule has 0 radical (unpaired) electrons. The molecule has 2 fully saturated rings. The number of halogens is 3. The quantitative estimate of drug-likeness (QED) is 0.861. The van der Waals surface area contributed by atoms with Crippen LogP contribution in [0.5, 0.6) is 0 Å². The molecule has 0 aromatic carbocycles. The van der Waals surface area contributed by atoms with E-state index in [-0.39, 0.29) is 24.9 Å². The molecule has 0 spiro atoms. The molecule has 3 atom stereocenters. The van der Waals surface area contributed by atoms with Crippen LogP contribution in [0.2, 0.25) is 0 Å². The normalized spacial score (nSPS) is 27.4. The minimum Gasteiger partial charge on any atom is -0.373 e. The predicted molar refractivity (Wildman–Crippen MR) is 94.1 cm³/mol. The Kier molecular flexibility index (Phi) is 5.57. The van der Waals surface area contributed by atoms with Gasteiger partial charge in [0.25, 0.3) is 5.91 Å². The van der Waals surface area contributed by atoms with Crippen LogP contribution in [-0.4, -0.2) is 50.6 Å². The van der Waals surface area contributed by atoms with Gasteiger partial charge in [0.15, 0.2) is 0 Å². The standard InChI is InChI=1S/C19H28F3N3O2/c1-13-12-24(17(26)18(2,27)19(20,21)22)11-9-15(13)16-8-10-23-25(16)14-6-4-3-5-7-14/h8,10,13-15,27H,3-7,9,11-12H2,1-2H3. The third kappa shape index (κ3) is 3.86. The first-order valence-corrected chi connectivity index (χ1v) is 9.75. The minimum absolute atomic E-state index is 0.00854. The molecule has 1 saturated heterocycles. The van der Waals surface area contributed by atoms with E-state index in [9.17, 15) is 23.1 Å². The predicted octanol–water partition coefficient (Wildman–Crippen LogP) is 3.65. The molecule has 1 saturated carbocycles.